The zero-order valence-corrected chi connectivity index (χ0v) is 16.8. The van der Waals surface area contributed by atoms with Crippen LogP contribution in [0.1, 0.15) is 5.56 Å². The smallest absolute Gasteiger partial charge is 0.236 e. The van der Waals surface area contributed by atoms with Gasteiger partial charge in [-0.05, 0) is 33.6 Å². The van der Waals surface area contributed by atoms with Gasteiger partial charge in [-0.2, -0.15) is 0 Å². The number of hydrogen-bond acceptors (Lipinski definition) is 7. The molecule has 28 heavy (non-hydrogen) atoms. The Morgan fingerprint density at radius 1 is 1.14 bits per heavy atom. The minimum Gasteiger partial charge on any atom is -0.446 e. The number of rotatable bonds is 7. The van der Waals surface area contributed by atoms with E-state index in [1.165, 1.54) is 18.0 Å². The third-order valence-corrected chi connectivity index (χ3v) is 5.12. The predicted molar refractivity (Wildman–Crippen MR) is 107 cm³/mol. The first-order valence-electron chi connectivity index (χ1n) is 8.25. The molecular formula is C18H14BrN5O3S. The molecule has 3 heterocycles. The molecule has 0 saturated carbocycles. The molecule has 0 saturated heterocycles. The maximum absolute atomic E-state index is 12.1. The van der Waals surface area contributed by atoms with Crippen LogP contribution in [0.3, 0.4) is 0 Å². The van der Waals surface area contributed by atoms with Gasteiger partial charge in [-0.15, -0.1) is 10.2 Å². The Balaban J connectivity index is 1.55. The van der Waals surface area contributed by atoms with E-state index in [4.69, 9.17) is 8.94 Å². The van der Waals surface area contributed by atoms with Gasteiger partial charge >= 0.3 is 0 Å². The van der Waals surface area contributed by atoms with Crippen LogP contribution in [0.5, 0.6) is 0 Å². The van der Waals surface area contributed by atoms with E-state index in [1.54, 1.807) is 12.1 Å². The minimum absolute atomic E-state index is 0.154. The number of nitrogens with zero attached hydrogens (tertiary/aromatic N) is 4. The molecular weight excluding hydrogens is 446 g/mol. The zero-order chi connectivity index (χ0) is 19.3. The predicted octanol–water partition coefficient (Wildman–Crippen LogP) is 4.07. The number of aromatic nitrogens is 4. The van der Waals surface area contributed by atoms with Gasteiger partial charge < -0.3 is 14.3 Å². The Kier molecular flexibility index (Phi) is 5.58. The molecule has 0 unspecified atom stereocenters. The van der Waals surface area contributed by atoms with Crippen LogP contribution < -0.4 is 5.32 Å². The van der Waals surface area contributed by atoms with Crippen molar-refractivity contribution >= 4 is 39.4 Å². The fourth-order valence-electron chi connectivity index (χ4n) is 2.51. The summed E-state index contributed by atoms with van der Waals surface area (Å²) >= 11 is 4.59. The summed E-state index contributed by atoms with van der Waals surface area (Å²) in [6.07, 6.45) is 1.40. The molecule has 142 valence electrons. The molecule has 3 aromatic heterocycles. The molecule has 0 radical (unpaired) electrons. The van der Waals surface area contributed by atoms with E-state index >= 15 is 0 Å². The number of benzene rings is 1. The first-order chi connectivity index (χ1) is 13.7. The molecule has 10 heteroatoms. The largest absolute Gasteiger partial charge is 0.446 e. The number of nitrogens with one attached hydrogen (secondary N) is 1. The van der Waals surface area contributed by atoms with E-state index in [2.05, 4.69) is 36.6 Å². The van der Waals surface area contributed by atoms with Crippen LogP contribution in [0, 0.1) is 0 Å². The van der Waals surface area contributed by atoms with Crippen molar-refractivity contribution in [2.45, 2.75) is 11.7 Å². The average Bonchev–Trinajstić information content (AvgIpc) is 3.43. The van der Waals surface area contributed by atoms with Gasteiger partial charge in [0.1, 0.15) is 6.26 Å². The van der Waals surface area contributed by atoms with Crippen LogP contribution >= 0.6 is 27.7 Å². The van der Waals surface area contributed by atoms with Crippen LogP contribution in [-0.2, 0) is 11.3 Å². The maximum Gasteiger partial charge on any atom is 0.236 e. The van der Waals surface area contributed by atoms with Crippen molar-refractivity contribution < 1.29 is 13.7 Å². The van der Waals surface area contributed by atoms with Gasteiger partial charge in [0.05, 0.1) is 12.3 Å². The number of carbonyl (C=O) groups excluding carboxylic acids is 1. The second-order valence-electron chi connectivity index (χ2n) is 5.70. The first kappa shape index (κ1) is 18.5. The Labute approximate surface area is 172 Å². The highest BCUT2D eigenvalue weighted by Crippen LogP contribution is 2.28. The molecule has 0 atom stereocenters. The van der Waals surface area contributed by atoms with E-state index in [1.807, 2.05) is 41.0 Å². The van der Waals surface area contributed by atoms with Gasteiger partial charge in [-0.3, -0.25) is 9.36 Å². The summed E-state index contributed by atoms with van der Waals surface area (Å²) in [7, 11) is 0. The Bertz CT molecular complexity index is 1060. The molecule has 4 rings (SSSR count). The van der Waals surface area contributed by atoms with E-state index in [0.717, 1.165) is 5.56 Å². The molecule has 1 amide bonds. The lowest BCUT2D eigenvalue weighted by Gasteiger charge is -2.09. The molecule has 0 aliphatic carbocycles. The van der Waals surface area contributed by atoms with Crippen molar-refractivity contribution in [3.8, 4) is 11.6 Å². The van der Waals surface area contributed by atoms with Gasteiger partial charge in [0.25, 0.3) is 0 Å². The minimum atomic E-state index is -0.213. The van der Waals surface area contributed by atoms with Crippen molar-refractivity contribution in [1.82, 2.24) is 19.9 Å². The van der Waals surface area contributed by atoms with Crippen molar-refractivity contribution in [2.75, 3.05) is 11.1 Å². The Hall–Kier alpha value is -2.85. The fraction of sp³-hybridized carbons (Fsp3) is 0.111. The van der Waals surface area contributed by atoms with Crippen LogP contribution in [0.15, 0.2) is 73.6 Å². The SMILES string of the molecule is O=C(CSc1nnc(-c2ccc(Br)o2)n1Cc1ccccc1)Nc1ccon1. The van der Waals surface area contributed by atoms with Gasteiger partial charge in [0.2, 0.25) is 11.7 Å². The number of halogens is 1. The Morgan fingerprint density at radius 3 is 2.71 bits per heavy atom. The highest BCUT2D eigenvalue weighted by molar-refractivity contribution is 9.10. The lowest BCUT2D eigenvalue weighted by atomic mass is 10.2. The molecule has 0 spiro atoms. The molecule has 0 aliphatic rings. The van der Waals surface area contributed by atoms with Gasteiger partial charge in [0.15, 0.2) is 21.4 Å². The van der Waals surface area contributed by atoms with E-state index in [-0.39, 0.29) is 11.7 Å². The molecule has 0 bridgehead atoms. The van der Waals surface area contributed by atoms with Gasteiger partial charge in [-0.1, -0.05) is 47.3 Å². The average molecular weight is 460 g/mol. The number of thioether (sulfide) groups is 1. The van der Waals surface area contributed by atoms with E-state index in [9.17, 15) is 4.79 Å². The summed E-state index contributed by atoms with van der Waals surface area (Å²) in [5.74, 6) is 1.50. The summed E-state index contributed by atoms with van der Waals surface area (Å²) in [4.78, 5) is 12.1. The van der Waals surface area contributed by atoms with Crippen molar-refractivity contribution in [1.29, 1.82) is 0 Å². The normalized spacial score (nSPS) is 10.9. The molecule has 0 aliphatic heterocycles. The highest BCUT2D eigenvalue weighted by atomic mass is 79.9. The van der Waals surface area contributed by atoms with Crippen molar-refractivity contribution in [3.63, 3.8) is 0 Å². The van der Waals surface area contributed by atoms with Crippen molar-refractivity contribution in [3.05, 3.63) is 65.0 Å². The third kappa shape index (κ3) is 4.34. The third-order valence-electron chi connectivity index (χ3n) is 3.73. The second-order valence-corrected chi connectivity index (χ2v) is 7.43. The second kappa shape index (κ2) is 8.44. The quantitative estimate of drug-likeness (QED) is 0.415. The summed E-state index contributed by atoms with van der Waals surface area (Å²) in [6.45, 7) is 0.550. The van der Waals surface area contributed by atoms with Crippen LogP contribution in [-0.4, -0.2) is 31.6 Å². The summed E-state index contributed by atoms with van der Waals surface area (Å²) in [6, 6.07) is 15.1. The summed E-state index contributed by atoms with van der Waals surface area (Å²) in [5.41, 5.74) is 1.09. The van der Waals surface area contributed by atoms with Gasteiger partial charge in [-0.25, -0.2) is 0 Å². The van der Waals surface area contributed by atoms with E-state index in [0.29, 0.717) is 33.8 Å². The van der Waals surface area contributed by atoms with Crippen LogP contribution in [0.4, 0.5) is 5.82 Å². The zero-order valence-electron chi connectivity index (χ0n) is 14.4. The summed E-state index contributed by atoms with van der Waals surface area (Å²) < 4.78 is 12.9. The topological polar surface area (TPSA) is 99.0 Å². The van der Waals surface area contributed by atoms with E-state index < -0.39 is 0 Å². The summed E-state index contributed by atoms with van der Waals surface area (Å²) in [5, 5.41) is 15.5. The van der Waals surface area contributed by atoms with Crippen LogP contribution in [0.25, 0.3) is 11.6 Å². The van der Waals surface area contributed by atoms with Gasteiger partial charge in [0, 0.05) is 6.07 Å². The van der Waals surface area contributed by atoms with Crippen LogP contribution in [0.2, 0.25) is 0 Å². The molecule has 1 aromatic carbocycles. The number of hydrogen-bond donors (Lipinski definition) is 1. The number of amides is 1. The fourth-order valence-corrected chi connectivity index (χ4v) is 3.55. The standard InChI is InChI=1S/C18H14BrN5O3S/c19-14-7-6-13(27-14)17-21-22-18(24(17)10-12-4-2-1-3-5-12)28-11-16(25)20-15-8-9-26-23-15/h1-9H,10-11H2,(H,20,23,25). The lowest BCUT2D eigenvalue weighted by molar-refractivity contribution is -0.113. The Morgan fingerprint density at radius 2 is 2.00 bits per heavy atom. The first-order valence-corrected chi connectivity index (χ1v) is 10.0. The maximum atomic E-state index is 12.1. The lowest BCUT2D eigenvalue weighted by Crippen LogP contribution is -2.15. The monoisotopic (exact) mass is 459 g/mol. The molecule has 8 nitrogen and oxygen atoms in total. The number of anilines is 1. The molecule has 4 aromatic rings. The molecule has 0 fully saturated rings. The number of carbonyl (C=O) groups is 1. The van der Waals surface area contributed by atoms with Crippen molar-refractivity contribution in [2.24, 2.45) is 0 Å². The number of furan rings is 1. The highest BCUT2D eigenvalue weighted by Gasteiger charge is 2.18. The molecule has 1 N–H and O–H groups in total.